The van der Waals surface area contributed by atoms with E-state index in [1.54, 1.807) is 19.4 Å². The van der Waals surface area contributed by atoms with Crippen molar-refractivity contribution >= 4 is 5.91 Å². The first-order valence-electron chi connectivity index (χ1n) is 7.90. The van der Waals surface area contributed by atoms with E-state index in [1.165, 1.54) is 5.56 Å². The maximum Gasteiger partial charge on any atom is 0.271 e. The fraction of sp³-hybridized carbons (Fsp3) is 0.412. The fourth-order valence-corrected chi connectivity index (χ4v) is 2.80. The smallest absolute Gasteiger partial charge is 0.271 e. The van der Waals surface area contributed by atoms with Crippen LogP contribution in [0.3, 0.4) is 0 Å². The number of carbonyl (C=O) groups excluding carboxylic acids is 1. The molecule has 0 spiro atoms. The second-order valence-corrected chi connectivity index (χ2v) is 5.70. The Kier molecular flexibility index (Phi) is 4.92. The van der Waals surface area contributed by atoms with Crippen LogP contribution in [0.1, 0.15) is 16.1 Å². The molecule has 6 heteroatoms. The summed E-state index contributed by atoms with van der Waals surface area (Å²) in [6.45, 7) is 4.37. The van der Waals surface area contributed by atoms with Gasteiger partial charge in [0.15, 0.2) is 0 Å². The molecule has 1 aromatic carbocycles. The van der Waals surface area contributed by atoms with E-state index in [-0.39, 0.29) is 5.91 Å². The molecule has 1 aromatic heterocycles. The molecule has 1 fully saturated rings. The minimum Gasteiger partial charge on any atom is -0.497 e. The Morgan fingerprint density at radius 1 is 1.17 bits per heavy atom. The van der Waals surface area contributed by atoms with Crippen molar-refractivity contribution in [3.63, 3.8) is 0 Å². The van der Waals surface area contributed by atoms with Gasteiger partial charge >= 0.3 is 0 Å². The molecule has 3 rings (SSSR count). The minimum atomic E-state index is 0.0392. The number of nitrogens with zero attached hydrogens (tertiary/aromatic N) is 3. The Labute approximate surface area is 136 Å². The number of hydrogen-bond acceptors (Lipinski definition) is 4. The van der Waals surface area contributed by atoms with Crippen LogP contribution in [0.25, 0.3) is 0 Å². The molecule has 0 radical (unpaired) electrons. The molecular formula is C17H22N4O2. The number of piperazine rings is 1. The third-order valence-electron chi connectivity index (χ3n) is 4.27. The highest BCUT2D eigenvalue weighted by molar-refractivity contribution is 5.92. The standard InChI is InChI=1S/C17H22N4O2/c1-23-15-4-2-14(3-5-15)7-9-20-10-12-21(13-11-20)17(22)16-6-8-18-19-16/h2-6,8H,7,9-13H2,1H3,(H,18,19). The van der Waals surface area contributed by atoms with E-state index in [4.69, 9.17) is 4.74 Å². The maximum absolute atomic E-state index is 12.2. The largest absolute Gasteiger partial charge is 0.497 e. The molecule has 0 aliphatic carbocycles. The first-order chi connectivity index (χ1) is 11.3. The molecule has 1 N–H and O–H groups in total. The first kappa shape index (κ1) is 15.6. The van der Waals surface area contributed by atoms with Gasteiger partial charge in [0.05, 0.1) is 7.11 Å². The lowest BCUT2D eigenvalue weighted by atomic mass is 10.1. The normalized spacial score (nSPS) is 15.6. The lowest BCUT2D eigenvalue weighted by molar-refractivity contribution is 0.0632. The van der Waals surface area contributed by atoms with Crippen molar-refractivity contribution in [2.24, 2.45) is 0 Å². The van der Waals surface area contributed by atoms with E-state index in [0.29, 0.717) is 5.69 Å². The van der Waals surface area contributed by atoms with Crippen LogP contribution in [-0.4, -0.2) is 65.7 Å². The van der Waals surface area contributed by atoms with Gasteiger partial charge in [0.1, 0.15) is 11.4 Å². The topological polar surface area (TPSA) is 61.5 Å². The monoisotopic (exact) mass is 314 g/mol. The second kappa shape index (κ2) is 7.28. The molecule has 6 nitrogen and oxygen atoms in total. The zero-order chi connectivity index (χ0) is 16.1. The van der Waals surface area contributed by atoms with Crippen molar-refractivity contribution in [3.05, 3.63) is 47.8 Å². The summed E-state index contributed by atoms with van der Waals surface area (Å²) < 4.78 is 5.17. The van der Waals surface area contributed by atoms with E-state index >= 15 is 0 Å². The van der Waals surface area contributed by atoms with Crippen molar-refractivity contribution in [3.8, 4) is 5.75 Å². The predicted molar refractivity (Wildman–Crippen MR) is 87.6 cm³/mol. The summed E-state index contributed by atoms with van der Waals surface area (Å²) in [5.41, 5.74) is 1.87. The van der Waals surface area contributed by atoms with Gasteiger partial charge in [-0.2, -0.15) is 5.10 Å². The average molecular weight is 314 g/mol. The van der Waals surface area contributed by atoms with Gasteiger partial charge in [-0.25, -0.2) is 0 Å². The van der Waals surface area contributed by atoms with Gasteiger partial charge < -0.3 is 9.64 Å². The van der Waals surface area contributed by atoms with Gasteiger partial charge in [-0.1, -0.05) is 12.1 Å². The van der Waals surface area contributed by atoms with Crippen LogP contribution >= 0.6 is 0 Å². The van der Waals surface area contributed by atoms with E-state index in [0.717, 1.165) is 44.9 Å². The molecule has 0 unspecified atom stereocenters. The van der Waals surface area contributed by atoms with Crippen LogP contribution < -0.4 is 4.74 Å². The van der Waals surface area contributed by atoms with Crippen molar-refractivity contribution in [2.75, 3.05) is 39.8 Å². The summed E-state index contributed by atoms with van der Waals surface area (Å²) >= 11 is 0. The maximum atomic E-state index is 12.2. The van der Waals surface area contributed by atoms with Crippen LogP contribution in [0.2, 0.25) is 0 Å². The highest BCUT2D eigenvalue weighted by atomic mass is 16.5. The number of amides is 1. The Morgan fingerprint density at radius 2 is 1.91 bits per heavy atom. The van der Waals surface area contributed by atoms with Gasteiger partial charge in [0.2, 0.25) is 0 Å². The lowest BCUT2D eigenvalue weighted by Crippen LogP contribution is -2.49. The van der Waals surface area contributed by atoms with Crippen molar-refractivity contribution in [1.29, 1.82) is 0 Å². The van der Waals surface area contributed by atoms with Gasteiger partial charge in [-0.05, 0) is 30.2 Å². The molecule has 122 valence electrons. The summed E-state index contributed by atoms with van der Waals surface area (Å²) in [7, 11) is 1.68. The molecular weight excluding hydrogens is 292 g/mol. The van der Waals surface area contributed by atoms with Gasteiger partial charge in [0.25, 0.3) is 5.91 Å². The highest BCUT2D eigenvalue weighted by Crippen LogP contribution is 2.13. The van der Waals surface area contributed by atoms with Crippen molar-refractivity contribution in [2.45, 2.75) is 6.42 Å². The van der Waals surface area contributed by atoms with Crippen LogP contribution in [0, 0.1) is 0 Å². The Morgan fingerprint density at radius 3 is 2.52 bits per heavy atom. The molecule has 1 saturated heterocycles. The fourth-order valence-electron chi connectivity index (χ4n) is 2.80. The third-order valence-corrected chi connectivity index (χ3v) is 4.27. The molecule has 1 amide bonds. The Bertz CT molecular complexity index is 617. The van der Waals surface area contributed by atoms with E-state index in [2.05, 4.69) is 27.2 Å². The van der Waals surface area contributed by atoms with Gasteiger partial charge in [-0.15, -0.1) is 0 Å². The molecule has 0 atom stereocenters. The number of nitrogens with one attached hydrogen (secondary N) is 1. The number of aromatic nitrogens is 2. The third kappa shape index (κ3) is 3.90. The number of rotatable bonds is 5. The average Bonchev–Trinajstić information content (AvgIpc) is 3.15. The van der Waals surface area contributed by atoms with Crippen LogP contribution in [-0.2, 0) is 6.42 Å². The zero-order valence-corrected chi connectivity index (χ0v) is 13.4. The molecule has 0 saturated carbocycles. The number of H-pyrrole nitrogens is 1. The van der Waals surface area contributed by atoms with E-state index < -0.39 is 0 Å². The van der Waals surface area contributed by atoms with Crippen LogP contribution in [0.5, 0.6) is 5.75 Å². The molecule has 0 bridgehead atoms. The first-order valence-corrected chi connectivity index (χ1v) is 7.90. The molecule has 1 aliphatic heterocycles. The summed E-state index contributed by atoms with van der Waals surface area (Å²) in [5.74, 6) is 0.928. The molecule has 1 aliphatic rings. The van der Waals surface area contributed by atoms with E-state index in [9.17, 15) is 4.79 Å². The summed E-state index contributed by atoms with van der Waals surface area (Å²) in [6, 6.07) is 9.93. The SMILES string of the molecule is COc1ccc(CCN2CCN(C(=O)c3ccn[nH]3)CC2)cc1. The van der Waals surface area contributed by atoms with Gasteiger partial charge in [-0.3, -0.25) is 14.8 Å². The molecule has 2 heterocycles. The zero-order valence-electron chi connectivity index (χ0n) is 13.4. The Balaban J connectivity index is 1.44. The van der Waals surface area contributed by atoms with E-state index in [1.807, 2.05) is 17.0 Å². The second-order valence-electron chi connectivity index (χ2n) is 5.70. The number of carbonyl (C=O) groups is 1. The van der Waals surface area contributed by atoms with Crippen molar-refractivity contribution < 1.29 is 9.53 Å². The summed E-state index contributed by atoms with van der Waals surface area (Å²) in [4.78, 5) is 16.5. The molecule has 23 heavy (non-hydrogen) atoms. The quantitative estimate of drug-likeness (QED) is 0.907. The van der Waals surface area contributed by atoms with Crippen LogP contribution in [0.15, 0.2) is 36.5 Å². The number of hydrogen-bond donors (Lipinski definition) is 1. The number of ether oxygens (including phenoxy) is 1. The molecule has 2 aromatic rings. The summed E-state index contributed by atoms with van der Waals surface area (Å²) in [6.07, 6.45) is 2.62. The van der Waals surface area contributed by atoms with Crippen molar-refractivity contribution in [1.82, 2.24) is 20.0 Å². The number of benzene rings is 1. The Hall–Kier alpha value is -2.34. The lowest BCUT2D eigenvalue weighted by Gasteiger charge is -2.34. The van der Waals surface area contributed by atoms with Crippen LogP contribution in [0.4, 0.5) is 0 Å². The minimum absolute atomic E-state index is 0.0392. The number of methoxy groups -OCH3 is 1. The summed E-state index contributed by atoms with van der Waals surface area (Å²) in [5, 5.41) is 6.57. The highest BCUT2D eigenvalue weighted by Gasteiger charge is 2.22. The predicted octanol–water partition coefficient (Wildman–Crippen LogP) is 1.42. The van der Waals surface area contributed by atoms with Gasteiger partial charge in [0, 0.05) is 38.9 Å². The number of aromatic amines is 1.